The first kappa shape index (κ1) is 17.0. The van der Waals surface area contributed by atoms with Crippen LogP contribution in [0.4, 0.5) is 0 Å². The first-order valence-electron chi connectivity index (χ1n) is 8.20. The molecule has 7 nitrogen and oxygen atoms in total. The summed E-state index contributed by atoms with van der Waals surface area (Å²) in [6, 6.07) is 6.78. The summed E-state index contributed by atoms with van der Waals surface area (Å²) in [5.41, 5.74) is 1.44. The van der Waals surface area contributed by atoms with E-state index in [-0.39, 0.29) is 11.9 Å². The first-order valence-corrected chi connectivity index (χ1v) is 8.20. The summed E-state index contributed by atoms with van der Waals surface area (Å²) in [5.74, 6) is -0.493. The molecule has 1 saturated carbocycles. The van der Waals surface area contributed by atoms with Crippen LogP contribution in [0.25, 0.3) is 0 Å². The molecule has 0 aliphatic heterocycles. The van der Waals surface area contributed by atoms with E-state index in [4.69, 9.17) is 4.74 Å². The minimum Gasteiger partial charge on any atom is -0.497 e. The Balaban J connectivity index is 1.73. The highest BCUT2D eigenvalue weighted by atomic mass is 16.5. The molecule has 132 valence electrons. The average molecular weight is 343 g/mol. The van der Waals surface area contributed by atoms with E-state index in [2.05, 4.69) is 5.10 Å². The molecule has 1 heterocycles. The molecule has 1 amide bonds. The molecule has 2 aromatic rings. The van der Waals surface area contributed by atoms with Crippen molar-refractivity contribution in [2.75, 3.05) is 7.11 Å². The molecule has 1 aromatic heterocycles. The molecule has 0 spiro atoms. The predicted octanol–water partition coefficient (Wildman–Crippen LogP) is 2.02. The van der Waals surface area contributed by atoms with Crippen LogP contribution in [0, 0.1) is 0 Å². The zero-order valence-electron chi connectivity index (χ0n) is 14.3. The standard InChI is InChI=1S/C18H21N3O4/c1-12(18(23)24)21(15-5-6-15)17(22)14-9-19-20(11-14)10-13-3-7-16(25-2)8-4-13/h3-4,7-9,11-12,15H,5-6,10H2,1-2H3,(H,23,24). The molecule has 25 heavy (non-hydrogen) atoms. The predicted molar refractivity (Wildman–Crippen MR) is 90.6 cm³/mol. The van der Waals surface area contributed by atoms with Crippen molar-refractivity contribution in [2.45, 2.75) is 38.4 Å². The van der Waals surface area contributed by atoms with Gasteiger partial charge in [-0.1, -0.05) is 12.1 Å². The fraction of sp³-hybridized carbons (Fsp3) is 0.389. The summed E-state index contributed by atoms with van der Waals surface area (Å²) >= 11 is 0. The van der Waals surface area contributed by atoms with E-state index in [9.17, 15) is 14.7 Å². The quantitative estimate of drug-likeness (QED) is 0.831. The number of hydrogen-bond acceptors (Lipinski definition) is 4. The topological polar surface area (TPSA) is 84.7 Å². The maximum atomic E-state index is 12.7. The van der Waals surface area contributed by atoms with E-state index in [1.165, 1.54) is 11.1 Å². The van der Waals surface area contributed by atoms with E-state index in [0.717, 1.165) is 24.2 Å². The smallest absolute Gasteiger partial charge is 0.326 e. The zero-order chi connectivity index (χ0) is 18.0. The molecular weight excluding hydrogens is 322 g/mol. The number of benzene rings is 1. The lowest BCUT2D eigenvalue weighted by Crippen LogP contribution is -2.44. The number of rotatable bonds is 7. The molecule has 1 aromatic carbocycles. The molecule has 0 bridgehead atoms. The van der Waals surface area contributed by atoms with Gasteiger partial charge in [-0.15, -0.1) is 0 Å². The number of methoxy groups -OCH3 is 1. The average Bonchev–Trinajstić information content (AvgIpc) is 3.33. The number of carbonyl (C=O) groups excluding carboxylic acids is 1. The Labute approximate surface area is 145 Å². The van der Waals surface area contributed by atoms with Crippen LogP contribution < -0.4 is 4.74 Å². The van der Waals surface area contributed by atoms with Gasteiger partial charge in [-0.05, 0) is 37.5 Å². The van der Waals surface area contributed by atoms with Crippen molar-refractivity contribution in [3.05, 3.63) is 47.8 Å². The van der Waals surface area contributed by atoms with Crippen LogP contribution in [0.2, 0.25) is 0 Å². The number of carboxylic acids is 1. The van der Waals surface area contributed by atoms with E-state index in [1.54, 1.807) is 24.9 Å². The number of nitrogens with zero attached hydrogens (tertiary/aromatic N) is 3. The number of amides is 1. The lowest BCUT2D eigenvalue weighted by atomic mass is 10.2. The zero-order valence-corrected chi connectivity index (χ0v) is 14.3. The van der Waals surface area contributed by atoms with Crippen molar-refractivity contribution in [3.63, 3.8) is 0 Å². The van der Waals surface area contributed by atoms with Crippen LogP contribution in [0.3, 0.4) is 0 Å². The SMILES string of the molecule is COc1ccc(Cn2cc(C(=O)N(C3CC3)C(C)C(=O)O)cn2)cc1. The van der Waals surface area contributed by atoms with E-state index >= 15 is 0 Å². The Kier molecular flexibility index (Phi) is 4.74. The van der Waals surface area contributed by atoms with Gasteiger partial charge in [0.25, 0.3) is 5.91 Å². The second-order valence-corrected chi connectivity index (χ2v) is 6.23. The maximum absolute atomic E-state index is 12.7. The summed E-state index contributed by atoms with van der Waals surface area (Å²) in [6.45, 7) is 2.06. The van der Waals surface area contributed by atoms with Gasteiger partial charge in [0.2, 0.25) is 0 Å². The number of aromatic nitrogens is 2. The minimum atomic E-state index is -0.995. The normalized spacial score (nSPS) is 14.8. The molecule has 3 rings (SSSR count). The molecular formula is C18H21N3O4. The summed E-state index contributed by atoms with van der Waals surface area (Å²) in [4.78, 5) is 25.5. The van der Waals surface area contributed by atoms with E-state index in [1.807, 2.05) is 24.3 Å². The Bertz CT molecular complexity index is 765. The van der Waals surface area contributed by atoms with Gasteiger partial charge in [0.05, 0.1) is 25.4 Å². The maximum Gasteiger partial charge on any atom is 0.326 e. The Morgan fingerprint density at radius 3 is 2.60 bits per heavy atom. The van der Waals surface area contributed by atoms with E-state index in [0.29, 0.717) is 12.1 Å². The minimum absolute atomic E-state index is 0.0172. The third-order valence-corrected chi connectivity index (χ3v) is 4.33. The number of carboxylic acid groups (broad SMARTS) is 1. The van der Waals surface area contributed by atoms with Crippen LogP contribution >= 0.6 is 0 Å². The summed E-state index contributed by atoms with van der Waals surface area (Å²) in [7, 11) is 1.62. The van der Waals surface area contributed by atoms with Crippen LogP contribution in [-0.2, 0) is 11.3 Å². The Morgan fingerprint density at radius 2 is 2.04 bits per heavy atom. The van der Waals surface area contributed by atoms with Gasteiger partial charge in [-0.25, -0.2) is 4.79 Å². The fourth-order valence-corrected chi connectivity index (χ4v) is 2.76. The van der Waals surface area contributed by atoms with Crippen molar-refractivity contribution in [3.8, 4) is 5.75 Å². The van der Waals surface area contributed by atoms with Crippen molar-refractivity contribution < 1.29 is 19.4 Å². The highest BCUT2D eigenvalue weighted by Gasteiger charge is 2.39. The highest BCUT2D eigenvalue weighted by Crippen LogP contribution is 2.30. The van der Waals surface area contributed by atoms with Crippen molar-refractivity contribution in [1.82, 2.24) is 14.7 Å². The molecule has 1 aliphatic rings. The number of carbonyl (C=O) groups is 2. The molecule has 0 saturated heterocycles. The van der Waals surface area contributed by atoms with Gasteiger partial charge in [-0.2, -0.15) is 5.10 Å². The monoisotopic (exact) mass is 343 g/mol. The second-order valence-electron chi connectivity index (χ2n) is 6.23. The molecule has 1 fully saturated rings. The van der Waals surface area contributed by atoms with Crippen LogP contribution in [0.1, 0.15) is 35.7 Å². The molecule has 1 unspecified atom stereocenters. The van der Waals surface area contributed by atoms with Crippen LogP contribution in [-0.4, -0.2) is 50.9 Å². The highest BCUT2D eigenvalue weighted by molar-refractivity contribution is 5.96. The van der Waals surface area contributed by atoms with Gasteiger partial charge in [-0.3, -0.25) is 9.48 Å². The molecule has 1 aliphatic carbocycles. The number of aliphatic carboxylic acids is 1. The van der Waals surface area contributed by atoms with E-state index < -0.39 is 12.0 Å². The lowest BCUT2D eigenvalue weighted by molar-refractivity contribution is -0.141. The third-order valence-electron chi connectivity index (χ3n) is 4.33. The first-order chi connectivity index (χ1) is 12.0. The van der Waals surface area contributed by atoms with Gasteiger partial charge >= 0.3 is 5.97 Å². The van der Waals surface area contributed by atoms with Crippen molar-refractivity contribution >= 4 is 11.9 Å². The van der Waals surface area contributed by atoms with Gasteiger partial charge in [0.1, 0.15) is 11.8 Å². The fourth-order valence-electron chi connectivity index (χ4n) is 2.76. The molecule has 1 atom stereocenters. The number of ether oxygens (including phenoxy) is 1. The largest absolute Gasteiger partial charge is 0.497 e. The lowest BCUT2D eigenvalue weighted by Gasteiger charge is -2.25. The van der Waals surface area contributed by atoms with Crippen LogP contribution in [0.15, 0.2) is 36.7 Å². The van der Waals surface area contributed by atoms with Crippen molar-refractivity contribution in [2.24, 2.45) is 0 Å². The summed E-state index contributed by atoms with van der Waals surface area (Å²) in [5, 5.41) is 13.5. The number of hydrogen-bond donors (Lipinski definition) is 1. The molecule has 0 radical (unpaired) electrons. The van der Waals surface area contributed by atoms with Crippen LogP contribution in [0.5, 0.6) is 5.75 Å². The van der Waals surface area contributed by atoms with Crippen molar-refractivity contribution in [1.29, 1.82) is 0 Å². The Hall–Kier alpha value is -2.83. The van der Waals surface area contributed by atoms with Gasteiger partial charge in [0.15, 0.2) is 0 Å². The Morgan fingerprint density at radius 1 is 1.36 bits per heavy atom. The van der Waals surface area contributed by atoms with Gasteiger partial charge < -0.3 is 14.7 Å². The van der Waals surface area contributed by atoms with Gasteiger partial charge in [0, 0.05) is 12.2 Å². The second kappa shape index (κ2) is 6.96. The summed E-state index contributed by atoms with van der Waals surface area (Å²) < 4.78 is 6.80. The molecule has 1 N–H and O–H groups in total. The third kappa shape index (κ3) is 3.81. The summed E-state index contributed by atoms with van der Waals surface area (Å²) in [6.07, 6.45) is 4.86. The molecule has 7 heteroatoms.